The number of carbonyl (C=O) groups is 2. The standard InChI is InChI=1S/C25H38O5.C23H34O5/c1-2-30-25(29)13-9-4-3-8-12-21-22(24(28)18-23(21)27)17-16-20(26)15-14-19-10-6-5-7-11-19;24-18(13-12-17-8-4-3-5-9-17)14-15-20-19(21(25)16-22(20)26)10-6-1-2-7-11-23(27)28/h3,5-8,10-11,20-24,26-28H,2,4,9,12-18H2,1H3;1,3-6,8-9,18-22,24-26H,2,7,10-16H2,(H,27,28)/b8-3-;6-1-. The molecule has 0 aliphatic heterocycles. The highest BCUT2D eigenvalue weighted by Gasteiger charge is 2.41. The molecule has 10 nitrogen and oxygen atoms in total. The van der Waals surface area contributed by atoms with Crippen LogP contribution in [0.2, 0.25) is 0 Å². The molecule has 324 valence electrons. The normalized spacial score (nSPS) is 25.4. The third kappa shape index (κ3) is 19.1. The zero-order chi connectivity index (χ0) is 42.1. The van der Waals surface area contributed by atoms with Crippen molar-refractivity contribution in [2.45, 2.75) is 159 Å². The molecule has 10 atom stereocenters. The van der Waals surface area contributed by atoms with Crippen LogP contribution in [0, 0.1) is 23.7 Å². The molecule has 2 aliphatic carbocycles. The summed E-state index contributed by atoms with van der Waals surface area (Å²) in [6.45, 7) is 2.22. The highest BCUT2D eigenvalue weighted by atomic mass is 16.5. The minimum absolute atomic E-state index is 0.00736. The van der Waals surface area contributed by atoms with Gasteiger partial charge in [0.1, 0.15) is 0 Å². The van der Waals surface area contributed by atoms with Crippen LogP contribution < -0.4 is 0 Å². The van der Waals surface area contributed by atoms with E-state index in [0.717, 1.165) is 32.1 Å². The Morgan fingerprint density at radius 3 is 1.45 bits per heavy atom. The van der Waals surface area contributed by atoms with Crippen LogP contribution >= 0.6 is 0 Å². The van der Waals surface area contributed by atoms with Crippen molar-refractivity contribution >= 4 is 11.9 Å². The maximum atomic E-state index is 11.3. The van der Waals surface area contributed by atoms with E-state index < -0.39 is 42.6 Å². The van der Waals surface area contributed by atoms with E-state index >= 15 is 0 Å². The van der Waals surface area contributed by atoms with Gasteiger partial charge in [0.05, 0.1) is 43.2 Å². The number of carboxylic acids is 1. The van der Waals surface area contributed by atoms with Gasteiger partial charge in [-0.3, -0.25) is 9.59 Å². The predicted molar refractivity (Wildman–Crippen MR) is 227 cm³/mol. The number of carboxylic acid groups (broad SMARTS) is 1. The first kappa shape index (κ1) is 49.0. The molecule has 2 saturated carbocycles. The number of aliphatic hydroxyl groups is 6. The lowest BCUT2D eigenvalue weighted by Crippen LogP contribution is -2.23. The molecule has 0 radical (unpaired) electrons. The SMILES string of the molecule is CCOC(=O)CCC/C=C\CC1C(O)CC(O)C1CCC(O)CCc1ccccc1.O=C(O)CCC/C=C\CC1C(O)CC(O)C1CCC(O)CCc1ccccc1. The van der Waals surface area contributed by atoms with Gasteiger partial charge < -0.3 is 40.5 Å². The van der Waals surface area contributed by atoms with E-state index in [0.29, 0.717) is 83.7 Å². The van der Waals surface area contributed by atoms with Gasteiger partial charge in [-0.15, -0.1) is 0 Å². The number of allylic oxidation sites excluding steroid dienone is 4. The van der Waals surface area contributed by atoms with E-state index in [-0.39, 0.29) is 36.1 Å². The Kier molecular flexibility index (Phi) is 23.8. The molecule has 58 heavy (non-hydrogen) atoms. The molecule has 0 amide bonds. The van der Waals surface area contributed by atoms with Crippen LogP contribution in [0.15, 0.2) is 85.0 Å². The van der Waals surface area contributed by atoms with Crippen LogP contribution in [-0.2, 0) is 27.2 Å². The number of ether oxygens (including phenoxy) is 1. The Labute approximate surface area is 346 Å². The molecule has 10 heteroatoms. The van der Waals surface area contributed by atoms with Gasteiger partial charge in [0.25, 0.3) is 0 Å². The van der Waals surface area contributed by atoms with Crippen molar-refractivity contribution in [1.29, 1.82) is 0 Å². The summed E-state index contributed by atoms with van der Waals surface area (Å²) in [6, 6.07) is 20.2. The lowest BCUT2D eigenvalue weighted by Gasteiger charge is -2.23. The fourth-order valence-electron chi connectivity index (χ4n) is 8.54. The van der Waals surface area contributed by atoms with E-state index in [1.54, 1.807) is 6.92 Å². The molecule has 2 aliphatic rings. The maximum Gasteiger partial charge on any atom is 0.305 e. The topological polar surface area (TPSA) is 185 Å². The molecule has 10 unspecified atom stereocenters. The zero-order valence-electron chi connectivity index (χ0n) is 34.6. The van der Waals surface area contributed by atoms with Crippen molar-refractivity contribution in [3.8, 4) is 0 Å². The monoisotopic (exact) mass is 809 g/mol. The number of hydrogen-bond acceptors (Lipinski definition) is 9. The molecular formula is C48H72O10. The summed E-state index contributed by atoms with van der Waals surface area (Å²) >= 11 is 0. The number of unbranched alkanes of at least 4 members (excludes halogenated alkanes) is 2. The summed E-state index contributed by atoms with van der Waals surface area (Å²) in [5.41, 5.74) is 2.43. The van der Waals surface area contributed by atoms with E-state index in [1.807, 2.05) is 54.6 Å². The molecule has 0 saturated heterocycles. The van der Waals surface area contributed by atoms with Crippen LogP contribution in [-0.4, -0.2) is 90.9 Å². The van der Waals surface area contributed by atoms with E-state index in [1.165, 1.54) is 11.1 Å². The fourth-order valence-corrected chi connectivity index (χ4v) is 8.54. The summed E-state index contributed by atoms with van der Waals surface area (Å²) in [6.07, 6.45) is 16.6. The first-order valence-corrected chi connectivity index (χ1v) is 21.8. The predicted octanol–water partition coefficient (Wildman–Crippen LogP) is 7.12. The van der Waals surface area contributed by atoms with Gasteiger partial charge >= 0.3 is 11.9 Å². The van der Waals surface area contributed by atoms with Crippen molar-refractivity contribution in [2.24, 2.45) is 23.7 Å². The fraction of sp³-hybridized carbons (Fsp3) is 0.625. The molecule has 2 aromatic rings. The third-order valence-corrected chi connectivity index (χ3v) is 11.9. The summed E-state index contributed by atoms with van der Waals surface area (Å²) in [5.74, 6) is -0.935. The smallest absolute Gasteiger partial charge is 0.305 e. The van der Waals surface area contributed by atoms with Crippen LogP contribution in [0.1, 0.15) is 121 Å². The summed E-state index contributed by atoms with van der Waals surface area (Å²) in [4.78, 5) is 21.8. The quantitative estimate of drug-likeness (QED) is 0.0310. The third-order valence-electron chi connectivity index (χ3n) is 11.9. The molecular weight excluding hydrogens is 737 g/mol. The lowest BCUT2D eigenvalue weighted by atomic mass is 9.85. The number of esters is 1. The zero-order valence-corrected chi connectivity index (χ0v) is 34.6. The maximum absolute atomic E-state index is 11.3. The van der Waals surface area contributed by atoms with Crippen molar-refractivity contribution in [2.75, 3.05) is 6.61 Å². The number of aliphatic carboxylic acids is 1. The Morgan fingerprint density at radius 2 is 1.03 bits per heavy atom. The molecule has 0 bridgehead atoms. The van der Waals surface area contributed by atoms with Crippen LogP contribution in [0.25, 0.3) is 0 Å². The van der Waals surface area contributed by atoms with Crippen LogP contribution in [0.3, 0.4) is 0 Å². The number of carbonyl (C=O) groups excluding carboxylic acids is 1. The van der Waals surface area contributed by atoms with E-state index in [9.17, 15) is 40.2 Å². The average molecular weight is 809 g/mol. The van der Waals surface area contributed by atoms with E-state index in [4.69, 9.17) is 9.84 Å². The van der Waals surface area contributed by atoms with E-state index in [2.05, 4.69) is 30.3 Å². The minimum atomic E-state index is -0.784. The second kappa shape index (κ2) is 28.2. The van der Waals surface area contributed by atoms with Crippen molar-refractivity contribution < 1.29 is 50.1 Å². The first-order chi connectivity index (χ1) is 28.0. The second-order valence-corrected chi connectivity index (χ2v) is 16.3. The van der Waals surface area contributed by atoms with Gasteiger partial charge in [-0.2, -0.15) is 0 Å². The highest BCUT2D eigenvalue weighted by Crippen LogP contribution is 2.40. The van der Waals surface area contributed by atoms with Crippen molar-refractivity contribution in [3.63, 3.8) is 0 Å². The van der Waals surface area contributed by atoms with Gasteiger partial charge in [0.15, 0.2) is 0 Å². The minimum Gasteiger partial charge on any atom is -0.481 e. The van der Waals surface area contributed by atoms with Crippen LogP contribution in [0.5, 0.6) is 0 Å². The molecule has 2 aromatic carbocycles. The number of aliphatic hydroxyl groups excluding tert-OH is 6. The Hall–Kier alpha value is -3.38. The van der Waals surface area contributed by atoms with Crippen molar-refractivity contribution in [1.82, 2.24) is 0 Å². The number of rotatable bonds is 25. The Balaban J connectivity index is 0.000000311. The summed E-state index contributed by atoms with van der Waals surface area (Å²) in [5, 5.41) is 70.7. The molecule has 0 aromatic heterocycles. The Morgan fingerprint density at radius 1 is 0.621 bits per heavy atom. The molecule has 4 rings (SSSR count). The highest BCUT2D eigenvalue weighted by molar-refractivity contribution is 5.69. The molecule has 2 fully saturated rings. The molecule has 7 N–H and O–H groups in total. The van der Waals surface area contributed by atoms with Crippen molar-refractivity contribution in [3.05, 3.63) is 96.1 Å². The lowest BCUT2D eigenvalue weighted by molar-refractivity contribution is -0.143. The van der Waals surface area contributed by atoms with Crippen LogP contribution in [0.4, 0.5) is 0 Å². The average Bonchev–Trinajstić information content (AvgIpc) is 3.64. The number of benzene rings is 2. The summed E-state index contributed by atoms with van der Waals surface area (Å²) < 4.78 is 4.91. The number of hydrogen-bond donors (Lipinski definition) is 7. The van der Waals surface area contributed by atoms with Gasteiger partial charge in [-0.25, -0.2) is 0 Å². The summed E-state index contributed by atoms with van der Waals surface area (Å²) in [7, 11) is 0. The largest absolute Gasteiger partial charge is 0.481 e. The van der Waals surface area contributed by atoms with Gasteiger partial charge in [-0.1, -0.05) is 85.0 Å². The Bertz CT molecular complexity index is 1450. The van der Waals surface area contributed by atoms with Gasteiger partial charge in [0, 0.05) is 12.8 Å². The molecule has 0 spiro atoms. The number of aryl methyl sites for hydroxylation is 2. The molecule has 0 heterocycles. The second-order valence-electron chi connectivity index (χ2n) is 16.3. The van der Waals surface area contributed by atoms with Gasteiger partial charge in [0.2, 0.25) is 0 Å². The van der Waals surface area contributed by atoms with Gasteiger partial charge in [-0.05, 0) is 144 Å². The first-order valence-electron chi connectivity index (χ1n) is 21.8.